The largest absolute Gasteiger partial charge is 0.459 e. The molecule has 0 bridgehead atoms. The van der Waals surface area contributed by atoms with Crippen LogP contribution in [0.15, 0.2) is 35.5 Å². The standard InChI is InChI=1S/C17H19N7O6/c1-2-18-16(28)12-10(25)11(26)17(30-12)24-7-21-9-13(19-6-20-14(9)24)22-23-15(27)8-4-3-5-29-8/h3-7,10-12,17,25-26H,2H2,1H3,(H,18,28)(H,23,27)(H,19,20,22)/t10-,11+,12-,17+/m1/s1. The van der Waals surface area contributed by atoms with Crippen LogP contribution in [0, 0.1) is 0 Å². The van der Waals surface area contributed by atoms with Gasteiger partial charge in [0.15, 0.2) is 35.1 Å². The number of imidazole rings is 1. The molecule has 3 aromatic heterocycles. The lowest BCUT2D eigenvalue weighted by molar-refractivity contribution is -0.137. The van der Waals surface area contributed by atoms with Gasteiger partial charge in [-0.25, -0.2) is 15.0 Å². The number of aromatic nitrogens is 4. The fraction of sp³-hybridized carbons (Fsp3) is 0.353. The van der Waals surface area contributed by atoms with Gasteiger partial charge in [0, 0.05) is 6.54 Å². The Bertz CT molecular complexity index is 1050. The zero-order valence-corrected chi connectivity index (χ0v) is 15.7. The molecular formula is C17H19N7O6. The minimum absolute atomic E-state index is 0.103. The molecule has 13 nitrogen and oxygen atoms in total. The molecule has 0 aliphatic carbocycles. The van der Waals surface area contributed by atoms with Crippen LogP contribution >= 0.6 is 0 Å². The number of fused-ring (bicyclic) bond motifs is 1. The number of aliphatic hydroxyl groups excluding tert-OH is 2. The predicted octanol–water partition coefficient (Wildman–Crippen LogP) is -1.07. The van der Waals surface area contributed by atoms with Crippen LogP contribution < -0.4 is 16.2 Å². The molecule has 5 N–H and O–H groups in total. The summed E-state index contributed by atoms with van der Waals surface area (Å²) in [6.07, 6.45) is -1.23. The van der Waals surface area contributed by atoms with Crippen LogP contribution in [0.25, 0.3) is 11.2 Å². The van der Waals surface area contributed by atoms with E-state index in [1.54, 1.807) is 13.0 Å². The fourth-order valence-corrected chi connectivity index (χ4v) is 3.10. The van der Waals surface area contributed by atoms with Crippen molar-refractivity contribution in [2.45, 2.75) is 31.5 Å². The zero-order valence-electron chi connectivity index (χ0n) is 15.7. The number of nitrogens with one attached hydrogen (secondary N) is 3. The van der Waals surface area contributed by atoms with Crippen LogP contribution in [0.4, 0.5) is 5.82 Å². The number of likely N-dealkylation sites (N-methyl/N-ethyl adjacent to an activating group) is 1. The van der Waals surface area contributed by atoms with Crippen molar-refractivity contribution in [3.8, 4) is 0 Å². The Hall–Kier alpha value is -3.55. The lowest BCUT2D eigenvalue weighted by Gasteiger charge is -2.16. The van der Waals surface area contributed by atoms with Gasteiger partial charge in [0.25, 0.3) is 5.91 Å². The molecular weight excluding hydrogens is 398 g/mol. The van der Waals surface area contributed by atoms with Crippen molar-refractivity contribution in [1.82, 2.24) is 30.3 Å². The molecule has 4 rings (SSSR count). The van der Waals surface area contributed by atoms with Crippen LogP contribution in [0.1, 0.15) is 23.7 Å². The van der Waals surface area contributed by atoms with E-state index in [-0.39, 0.29) is 22.7 Å². The third-order valence-corrected chi connectivity index (χ3v) is 4.52. The second-order valence-corrected chi connectivity index (χ2v) is 6.43. The van der Waals surface area contributed by atoms with Gasteiger partial charge >= 0.3 is 5.91 Å². The number of furan rings is 1. The summed E-state index contributed by atoms with van der Waals surface area (Å²) in [5, 5.41) is 23.2. The van der Waals surface area contributed by atoms with Gasteiger partial charge in [0.1, 0.15) is 18.5 Å². The van der Waals surface area contributed by atoms with Crippen molar-refractivity contribution in [3.63, 3.8) is 0 Å². The Balaban J connectivity index is 1.56. The second kappa shape index (κ2) is 8.06. The van der Waals surface area contributed by atoms with E-state index in [4.69, 9.17) is 9.15 Å². The van der Waals surface area contributed by atoms with Crippen molar-refractivity contribution < 1.29 is 29.0 Å². The molecule has 0 saturated carbocycles. The van der Waals surface area contributed by atoms with E-state index in [0.717, 1.165) is 0 Å². The summed E-state index contributed by atoms with van der Waals surface area (Å²) in [5.41, 5.74) is 5.59. The minimum Gasteiger partial charge on any atom is -0.459 e. The Kier molecular flexibility index (Phi) is 5.31. The van der Waals surface area contributed by atoms with Crippen LogP contribution in [-0.2, 0) is 9.53 Å². The molecule has 0 spiro atoms. The number of ether oxygens (including phenoxy) is 1. The highest BCUT2D eigenvalue weighted by Crippen LogP contribution is 2.32. The predicted molar refractivity (Wildman–Crippen MR) is 99.7 cm³/mol. The molecule has 1 saturated heterocycles. The Labute approximate surface area is 169 Å². The summed E-state index contributed by atoms with van der Waals surface area (Å²) in [5.74, 6) is -0.764. The lowest BCUT2D eigenvalue weighted by atomic mass is 10.1. The lowest BCUT2D eigenvalue weighted by Crippen LogP contribution is -2.42. The topological polar surface area (TPSA) is 177 Å². The van der Waals surface area contributed by atoms with Crippen LogP contribution in [0.3, 0.4) is 0 Å². The van der Waals surface area contributed by atoms with E-state index in [1.807, 2.05) is 0 Å². The average molecular weight is 417 g/mol. The third kappa shape index (κ3) is 3.45. The molecule has 0 unspecified atom stereocenters. The zero-order chi connectivity index (χ0) is 21.3. The van der Waals surface area contributed by atoms with Gasteiger partial charge in [-0.05, 0) is 19.1 Å². The van der Waals surface area contributed by atoms with Crippen molar-refractivity contribution in [2.24, 2.45) is 0 Å². The molecule has 4 heterocycles. The minimum atomic E-state index is -1.42. The Morgan fingerprint density at radius 3 is 2.80 bits per heavy atom. The molecule has 3 aromatic rings. The maximum absolute atomic E-state index is 12.1. The molecule has 1 aliphatic heterocycles. The van der Waals surface area contributed by atoms with Gasteiger partial charge in [0.2, 0.25) is 0 Å². The Morgan fingerprint density at radius 1 is 1.23 bits per heavy atom. The van der Waals surface area contributed by atoms with Gasteiger partial charge in [-0.1, -0.05) is 0 Å². The highest BCUT2D eigenvalue weighted by Gasteiger charge is 2.47. The number of carbonyl (C=O) groups is 2. The van der Waals surface area contributed by atoms with Crippen LogP contribution in [0.2, 0.25) is 0 Å². The van der Waals surface area contributed by atoms with Crippen LogP contribution in [-0.4, -0.2) is 66.4 Å². The highest BCUT2D eigenvalue weighted by atomic mass is 16.6. The van der Waals surface area contributed by atoms with Crippen molar-refractivity contribution >= 4 is 28.8 Å². The number of hydrazine groups is 1. The number of hydrogen-bond acceptors (Lipinski definition) is 10. The van der Waals surface area contributed by atoms with E-state index in [1.165, 1.54) is 29.6 Å². The maximum Gasteiger partial charge on any atom is 0.305 e. The number of hydrogen-bond donors (Lipinski definition) is 5. The number of carbonyl (C=O) groups excluding carboxylic acids is 2. The number of amides is 2. The first-order valence-corrected chi connectivity index (χ1v) is 9.08. The van der Waals surface area contributed by atoms with Crippen molar-refractivity contribution in [3.05, 3.63) is 36.8 Å². The molecule has 2 amide bonds. The molecule has 13 heteroatoms. The number of rotatable bonds is 6. The summed E-state index contributed by atoms with van der Waals surface area (Å²) in [6.45, 7) is 2.08. The Morgan fingerprint density at radius 2 is 2.07 bits per heavy atom. The van der Waals surface area contributed by atoms with E-state index in [2.05, 4.69) is 31.1 Å². The average Bonchev–Trinajstić information content (AvgIpc) is 3.47. The maximum atomic E-state index is 12.1. The summed E-state index contributed by atoms with van der Waals surface area (Å²) < 4.78 is 12.0. The third-order valence-electron chi connectivity index (χ3n) is 4.52. The molecule has 158 valence electrons. The summed E-state index contributed by atoms with van der Waals surface area (Å²) in [4.78, 5) is 36.4. The molecule has 0 radical (unpaired) electrons. The monoisotopic (exact) mass is 417 g/mol. The number of anilines is 1. The smallest absolute Gasteiger partial charge is 0.305 e. The molecule has 4 atom stereocenters. The van der Waals surface area contributed by atoms with E-state index in [9.17, 15) is 19.8 Å². The number of nitrogens with zero attached hydrogens (tertiary/aromatic N) is 4. The van der Waals surface area contributed by atoms with Gasteiger partial charge < -0.3 is 24.7 Å². The van der Waals surface area contributed by atoms with Crippen molar-refractivity contribution in [1.29, 1.82) is 0 Å². The molecule has 1 aliphatic rings. The summed E-state index contributed by atoms with van der Waals surface area (Å²) >= 11 is 0. The SMILES string of the molecule is CCNC(=O)[C@@H]1O[C@H](n2cnc3c(NNC(=O)c4ccco4)ncnc32)[C@@H](O)[C@H]1O. The summed E-state index contributed by atoms with van der Waals surface area (Å²) in [7, 11) is 0. The van der Waals surface area contributed by atoms with Crippen LogP contribution in [0.5, 0.6) is 0 Å². The van der Waals surface area contributed by atoms with Gasteiger partial charge in [-0.2, -0.15) is 0 Å². The first-order valence-electron chi connectivity index (χ1n) is 9.08. The van der Waals surface area contributed by atoms with E-state index < -0.39 is 36.4 Å². The van der Waals surface area contributed by atoms with Crippen molar-refractivity contribution in [2.75, 3.05) is 12.0 Å². The molecule has 30 heavy (non-hydrogen) atoms. The first kappa shape index (κ1) is 19.8. The highest BCUT2D eigenvalue weighted by molar-refractivity contribution is 5.93. The second-order valence-electron chi connectivity index (χ2n) is 6.43. The normalized spacial score (nSPS) is 23.4. The van der Waals surface area contributed by atoms with Gasteiger partial charge in [-0.15, -0.1) is 0 Å². The molecule has 0 aromatic carbocycles. The first-order chi connectivity index (χ1) is 14.5. The molecule has 1 fully saturated rings. The van der Waals surface area contributed by atoms with E-state index >= 15 is 0 Å². The van der Waals surface area contributed by atoms with E-state index in [0.29, 0.717) is 6.54 Å². The number of aliphatic hydroxyl groups is 2. The summed E-state index contributed by atoms with van der Waals surface area (Å²) in [6, 6.07) is 3.07. The fourth-order valence-electron chi connectivity index (χ4n) is 3.10. The van der Waals surface area contributed by atoms with Gasteiger partial charge in [-0.3, -0.25) is 25.0 Å². The quantitative estimate of drug-likeness (QED) is 0.310. The van der Waals surface area contributed by atoms with Gasteiger partial charge in [0.05, 0.1) is 12.6 Å².